The largest absolute Gasteiger partial charge is 0.479 e. The minimum atomic E-state index is -0.549. The van der Waals surface area contributed by atoms with Crippen molar-refractivity contribution in [2.75, 3.05) is 6.54 Å². The Morgan fingerprint density at radius 3 is 2.62 bits per heavy atom. The van der Waals surface area contributed by atoms with E-state index in [0.717, 1.165) is 24.2 Å². The van der Waals surface area contributed by atoms with Gasteiger partial charge in [-0.1, -0.05) is 13.8 Å². The van der Waals surface area contributed by atoms with E-state index in [2.05, 4.69) is 24.1 Å². The number of aromatic nitrogens is 1. The maximum atomic E-state index is 12.1. The molecule has 0 saturated heterocycles. The van der Waals surface area contributed by atoms with Gasteiger partial charge in [0.1, 0.15) is 5.75 Å². The Hall–Kier alpha value is -1.62. The number of pyridine rings is 1. The lowest BCUT2D eigenvalue weighted by atomic mass is 10.1. The first-order valence-electron chi connectivity index (χ1n) is 7.65. The molecule has 0 radical (unpaired) electrons. The molecule has 0 fully saturated rings. The van der Waals surface area contributed by atoms with Gasteiger partial charge in [0.2, 0.25) is 0 Å². The first-order valence-corrected chi connectivity index (χ1v) is 7.65. The lowest BCUT2D eigenvalue weighted by Gasteiger charge is -2.20. The number of nitrogens with one attached hydrogen (secondary N) is 1. The Balaban J connectivity index is 2.73. The summed E-state index contributed by atoms with van der Waals surface area (Å²) in [5, 5.41) is 2.99. The first kappa shape index (κ1) is 17.4. The third-order valence-electron chi connectivity index (χ3n) is 3.46. The minimum absolute atomic E-state index is 0.0945. The van der Waals surface area contributed by atoms with Crippen molar-refractivity contribution in [3.63, 3.8) is 0 Å². The van der Waals surface area contributed by atoms with Crippen LogP contribution < -0.4 is 15.8 Å². The number of nitrogens with zero attached hydrogens (tertiary/aromatic N) is 1. The molecule has 1 rings (SSSR count). The lowest BCUT2D eigenvalue weighted by Crippen LogP contribution is -2.42. The number of nitrogens with two attached hydrogens (primary N) is 1. The molecule has 0 aliphatic rings. The maximum Gasteiger partial charge on any atom is 0.260 e. The van der Waals surface area contributed by atoms with Crippen molar-refractivity contribution < 1.29 is 9.53 Å². The van der Waals surface area contributed by atoms with Crippen LogP contribution >= 0.6 is 0 Å². The SMILES string of the molecule is CCC(CC)NC(=O)C(C)Oc1ccc(C)nc1CCN. The lowest BCUT2D eigenvalue weighted by molar-refractivity contribution is -0.128. The average Bonchev–Trinajstić information content (AvgIpc) is 2.47. The molecule has 0 spiro atoms. The topological polar surface area (TPSA) is 77.2 Å². The number of rotatable bonds is 8. The molecule has 3 N–H and O–H groups in total. The number of ether oxygens (including phenoxy) is 1. The van der Waals surface area contributed by atoms with E-state index in [1.807, 2.05) is 19.1 Å². The van der Waals surface area contributed by atoms with Gasteiger partial charge >= 0.3 is 0 Å². The fourth-order valence-electron chi connectivity index (χ4n) is 2.08. The summed E-state index contributed by atoms with van der Waals surface area (Å²) in [6.07, 6.45) is 1.92. The van der Waals surface area contributed by atoms with Crippen LogP contribution in [-0.2, 0) is 11.2 Å². The van der Waals surface area contributed by atoms with Gasteiger partial charge < -0.3 is 15.8 Å². The molecule has 0 saturated carbocycles. The van der Waals surface area contributed by atoms with Gasteiger partial charge in [0.15, 0.2) is 6.10 Å². The van der Waals surface area contributed by atoms with E-state index in [4.69, 9.17) is 10.5 Å². The maximum absolute atomic E-state index is 12.1. The summed E-state index contributed by atoms with van der Waals surface area (Å²) in [7, 11) is 0. The quantitative estimate of drug-likeness (QED) is 0.768. The fraction of sp³-hybridized carbons (Fsp3) is 0.625. The fourth-order valence-corrected chi connectivity index (χ4v) is 2.08. The van der Waals surface area contributed by atoms with Crippen LogP contribution in [0.3, 0.4) is 0 Å². The van der Waals surface area contributed by atoms with Gasteiger partial charge in [0.25, 0.3) is 5.91 Å². The van der Waals surface area contributed by atoms with Crippen molar-refractivity contribution >= 4 is 5.91 Å². The number of carbonyl (C=O) groups excluding carboxylic acids is 1. The highest BCUT2D eigenvalue weighted by atomic mass is 16.5. The molecule has 1 unspecified atom stereocenters. The molecule has 5 heteroatoms. The van der Waals surface area contributed by atoms with E-state index in [1.54, 1.807) is 6.92 Å². The molecule has 1 atom stereocenters. The molecular formula is C16H27N3O2. The zero-order chi connectivity index (χ0) is 15.8. The standard InChI is InChI=1S/C16H27N3O2/c1-5-13(6-2)19-16(20)12(4)21-15-8-7-11(3)18-14(15)9-10-17/h7-8,12-13H,5-6,9-10,17H2,1-4H3,(H,19,20). The van der Waals surface area contributed by atoms with E-state index in [1.165, 1.54) is 0 Å². The summed E-state index contributed by atoms with van der Waals surface area (Å²) >= 11 is 0. The normalized spacial score (nSPS) is 12.3. The summed E-state index contributed by atoms with van der Waals surface area (Å²) in [6.45, 7) is 8.30. The molecule has 118 valence electrons. The molecule has 21 heavy (non-hydrogen) atoms. The van der Waals surface area contributed by atoms with Crippen molar-refractivity contribution in [3.05, 3.63) is 23.5 Å². The van der Waals surface area contributed by atoms with Crippen LogP contribution in [0.5, 0.6) is 5.75 Å². The van der Waals surface area contributed by atoms with Gasteiger partial charge in [-0.25, -0.2) is 0 Å². The van der Waals surface area contributed by atoms with Crippen molar-refractivity contribution in [1.82, 2.24) is 10.3 Å². The molecular weight excluding hydrogens is 266 g/mol. The third kappa shape index (κ3) is 5.34. The number of aryl methyl sites for hydroxylation is 1. The Bertz CT molecular complexity index is 459. The van der Waals surface area contributed by atoms with E-state index in [0.29, 0.717) is 18.7 Å². The van der Waals surface area contributed by atoms with E-state index < -0.39 is 6.10 Å². The van der Waals surface area contributed by atoms with Crippen molar-refractivity contribution in [2.45, 2.75) is 59.1 Å². The Labute approximate surface area is 127 Å². The highest BCUT2D eigenvalue weighted by molar-refractivity contribution is 5.81. The van der Waals surface area contributed by atoms with Crippen molar-refractivity contribution in [3.8, 4) is 5.75 Å². The number of amides is 1. The van der Waals surface area contributed by atoms with Gasteiger partial charge in [-0.3, -0.25) is 9.78 Å². The molecule has 5 nitrogen and oxygen atoms in total. The van der Waals surface area contributed by atoms with Gasteiger partial charge in [0.05, 0.1) is 5.69 Å². The molecule has 1 heterocycles. The monoisotopic (exact) mass is 293 g/mol. The van der Waals surface area contributed by atoms with Gasteiger partial charge in [-0.15, -0.1) is 0 Å². The predicted molar refractivity (Wildman–Crippen MR) is 84.3 cm³/mol. The summed E-state index contributed by atoms with van der Waals surface area (Å²) in [5.41, 5.74) is 7.32. The number of hydrogen-bond acceptors (Lipinski definition) is 4. The molecule has 1 aromatic heterocycles. The number of hydrogen-bond donors (Lipinski definition) is 2. The highest BCUT2D eigenvalue weighted by Crippen LogP contribution is 2.19. The highest BCUT2D eigenvalue weighted by Gasteiger charge is 2.19. The molecule has 0 bridgehead atoms. The van der Waals surface area contributed by atoms with Crippen LogP contribution in [0.15, 0.2) is 12.1 Å². The summed E-state index contributed by atoms with van der Waals surface area (Å²) in [5.74, 6) is 0.543. The predicted octanol–water partition coefficient (Wildman–Crippen LogP) is 1.96. The first-order chi connectivity index (χ1) is 10.0. The van der Waals surface area contributed by atoms with Gasteiger partial charge in [0, 0.05) is 18.2 Å². The molecule has 0 aromatic carbocycles. The Kier molecular flexibility index (Phi) is 7.15. The summed E-state index contributed by atoms with van der Waals surface area (Å²) < 4.78 is 5.77. The van der Waals surface area contributed by atoms with Crippen LogP contribution in [0.4, 0.5) is 0 Å². The van der Waals surface area contributed by atoms with E-state index >= 15 is 0 Å². The van der Waals surface area contributed by atoms with E-state index in [9.17, 15) is 4.79 Å². The van der Waals surface area contributed by atoms with Crippen LogP contribution in [0, 0.1) is 6.92 Å². The second-order valence-electron chi connectivity index (χ2n) is 5.22. The van der Waals surface area contributed by atoms with Crippen LogP contribution in [-0.4, -0.2) is 29.6 Å². The third-order valence-corrected chi connectivity index (χ3v) is 3.46. The van der Waals surface area contributed by atoms with Crippen molar-refractivity contribution in [1.29, 1.82) is 0 Å². The minimum Gasteiger partial charge on any atom is -0.479 e. The second-order valence-corrected chi connectivity index (χ2v) is 5.22. The van der Waals surface area contributed by atoms with E-state index in [-0.39, 0.29) is 11.9 Å². The summed E-state index contributed by atoms with van der Waals surface area (Å²) in [4.78, 5) is 16.6. The Morgan fingerprint density at radius 2 is 2.05 bits per heavy atom. The van der Waals surface area contributed by atoms with Crippen LogP contribution in [0.25, 0.3) is 0 Å². The van der Waals surface area contributed by atoms with Crippen LogP contribution in [0.1, 0.15) is 45.0 Å². The average molecular weight is 293 g/mol. The molecule has 1 amide bonds. The smallest absolute Gasteiger partial charge is 0.260 e. The number of carbonyl (C=O) groups is 1. The van der Waals surface area contributed by atoms with Crippen molar-refractivity contribution in [2.24, 2.45) is 5.73 Å². The zero-order valence-electron chi connectivity index (χ0n) is 13.5. The van der Waals surface area contributed by atoms with Crippen LogP contribution in [0.2, 0.25) is 0 Å². The zero-order valence-corrected chi connectivity index (χ0v) is 13.5. The molecule has 1 aromatic rings. The van der Waals surface area contributed by atoms with Gasteiger partial charge in [-0.05, 0) is 45.4 Å². The second kappa shape index (κ2) is 8.62. The van der Waals surface area contributed by atoms with Gasteiger partial charge in [-0.2, -0.15) is 0 Å². The summed E-state index contributed by atoms with van der Waals surface area (Å²) in [6, 6.07) is 3.93. The molecule has 0 aliphatic carbocycles. The Morgan fingerprint density at radius 1 is 1.38 bits per heavy atom. The molecule has 0 aliphatic heterocycles.